The summed E-state index contributed by atoms with van der Waals surface area (Å²) in [5, 5.41) is 0. The second kappa shape index (κ2) is 4.90. The second-order valence-electron chi connectivity index (χ2n) is 2.25. The molecule has 0 bridgehead atoms. The van der Waals surface area contributed by atoms with E-state index in [2.05, 4.69) is 9.72 Å². The number of nitrogens with zero attached hydrogens (tertiary/aromatic N) is 1. The Morgan fingerprint density at radius 3 is 2.93 bits per heavy atom. The van der Waals surface area contributed by atoms with Crippen molar-refractivity contribution < 1.29 is 18.3 Å². The molecule has 0 unspecified atom stereocenters. The molecule has 0 spiro atoms. The zero-order chi connectivity index (χ0) is 10.6. The highest BCUT2D eigenvalue weighted by Crippen LogP contribution is 2.24. The zero-order valence-corrected chi connectivity index (χ0v) is 8.05. The number of carbonyl (C=O) groups is 1. The lowest BCUT2D eigenvalue weighted by Gasteiger charge is -2.01. The molecular formula is C8H7F2NO2S. The molecule has 0 saturated carbocycles. The van der Waals surface area contributed by atoms with E-state index in [1.807, 2.05) is 0 Å². The van der Waals surface area contributed by atoms with E-state index in [1.54, 1.807) is 0 Å². The van der Waals surface area contributed by atoms with Crippen molar-refractivity contribution in [3.63, 3.8) is 0 Å². The van der Waals surface area contributed by atoms with E-state index in [4.69, 9.17) is 0 Å². The molecule has 0 aliphatic carbocycles. The average molecular weight is 219 g/mol. The normalized spacial score (nSPS) is 10.3. The number of hydrogen-bond donors (Lipinski definition) is 0. The van der Waals surface area contributed by atoms with Crippen LogP contribution >= 0.6 is 11.8 Å². The molecule has 0 N–H and O–H groups in total. The summed E-state index contributed by atoms with van der Waals surface area (Å²) in [6.07, 6.45) is 1.29. The van der Waals surface area contributed by atoms with Crippen molar-refractivity contribution >= 4 is 17.7 Å². The third kappa shape index (κ3) is 2.95. The standard InChI is InChI=1S/C8H7F2NO2S/c1-13-7(12)6-4-5(2-3-11-6)14-8(9)10/h2-4,8H,1H3. The molecule has 6 heteroatoms. The summed E-state index contributed by atoms with van der Waals surface area (Å²) in [5.74, 6) is -3.15. The Morgan fingerprint density at radius 2 is 2.36 bits per heavy atom. The molecule has 0 saturated heterocycles. The first kappa shape index (κ1) is 10.9. The van der Waals surface area contributed by atoms with Gasteiger partial charge in [0.05, 0.1) is 7.11 Å². The third-order valence-corrected chi connectivity index (χ3v) is 2.06. The summed E-state index contributed by atoms with van der Waals surface area (Å²) in [6.45, 7) is 0. The molecule has 0 aromatic carbocycles. The minimum absolute atomic E-state index is 0.0261. The highest BCUT2D eigenvalue weighted by atomic mass is 32.2. The largest absolute Gasteiger partial charge is 0.464 e. The van der Waals surface area contributed by atoms with E-state index in [9.17, 15) is 13.6 Å². The van der Waals surface area contributed by atoms with Crippen molar-refractivity contribution in [2.24, 2.45) is 0 Å². The third-order valence-electron chi connectivity index (χ3n) is 1.35. The Morgan fingerprint density at radius 1 is 1.64 bits per heavy atom. The van der Waals surface area contributed by atoms with Crippen LogP contribution in [0.1, 0.15) is 10.5 Å². The molecule has 1 aromatic heterocycles. The maximum atomic E-state index is 12.0. The van der Waals surface area contributed by atoms with Gasteiger partial charge in [-0.3, -0.25) is 0 Å². The first-order valence-corrected chi connectivity index (χ1v) is 4.50. The lowest BCUT2D eigenvalue weighted by molar-refractivity contribution is 0.0593. The molecule has 76 valence electrons. The molecule has 3 nitrogen and oxygen atoms in total. The highest BCUT2D eigenvalue weighted by molar-refractivity contribution is 7.99. The van der Waals surface area contributed by atoms with Crippen LogP contribution in [0.25, 0.3) is 0 Å². The molecule has 0 amide bonds. The van der Waals surface area contributed by atoms with E-state index in [1.165, 1.54) is 25.4 Å². The molecule has 1 heterocycles. The fourth-order valence-electron chi connectivity index (χ4n) is 0.804. The van der Waals surface area contributed by atoms with Gasteiger partial charge in [0, 0.05) is 11.1 Å². The van der Waals surface area contributed by atoms with Gasteiger partial charge in [0.1, 0.15) is 5.69 Å². The summed E-state index contributed by atoms with van der Waals surface area (Å²) < 4.78 is 28.3. The van der Waals surface area contributed by atoms with Gasteiger partial charge in [-0.2, -0.15) is 8.78 Å². The van der Waals surface area contributed by atoms with Gasteiger partial charge >= 0.3 is 5.97 Å². The van der Waals surface area contributed by atoms with Crippen molar-refractivity contribution in [2.45, 2.75) is 10.7 Å². The smallest absolute Gasteiger partial charge is 0.356 e. The van der Waals surface area contributed by atoms with Crippen LogP contribution in [0.5, 0.6) is 0 Å². The van der Waals surface area contributed by atoms with E-state index in [-0.39, 0.29) is 10.6 Å². The molecule has 1 rings (SSSR count). The van der Waals surface area contributed by atoms with Gasteiger partial charge in [-0.05, 0) is 12.1 Å². The lowest BCUT2D eigenvalue weighted by Crippen LogP contribution is -2.03. The van der Waals surface area contributed by atoms with Crippen LogP contribution in [0.2, 0.25) is 0 Å². The number of hydrogen-bond acceptors (Lipinski definition) is 4. The summed E-state index contributed by atoms with van der Waals surface area (Å²) >= 11 is 0.359. The van der Waals surface area contributed by atoms with Gasteiger partial charge in [-0.1, -0.05) is 11.8 Å². The number of rotatable bonds is 3. The number of thioether (sulfide) groups is 1. The highest BCUT2D eigenvalue weighted by Gasteiger charge is 2.10. The summed E-state index contributed by atoms with van der Waals surface area (Å²) in [6, 6.07) is 2.67. The predicted molar refractivity (Wildman–Crippen MR) is 47.4 cm³/mol. The van der Waals surface area contributed by atoms with Gasteiger partial charge < -0.3 is 4.74 Å². The molecule has 0 radical (unpaired) electrons. The maximum absolute atomic E-state index is 12.0. The zero-order valence-electron chi connectivity index (χ0n) is 7.24. The van der Waals surface area contributed by atoms with Crippen LogP contribution in [-0.2, 0) is 4.74 Å². The molecule has 0 fully saturated rings. The Labute approximate surface area is 83.5 Å². The van der Waals surface area contributed by atoms with Crippen molar-refractivity contribution in [1.29, 1.82) is 0 Å². The summed E-state index contributed by atoms with van der Waals surface area (Å²) in [5.41, 5.74) is 0.0261. The molecule has 0 aliphatic heterocycles. The quantitative estimate of drug-likeness (QED) is 0.577. The SMILES string of the molecule is COC(=O)c1cc(SC(F)F)ccn1. The van der Waals surface area contributed by atoms with Crippen LogP contribution in [0.4, 0.5) is 8.78 Å². The fraction of sp³-hybridized carbons (Fsp3) is 0.250. The van der Waals surface area contributed by atoms with E-state index < -0.39 is 11.7 Å². The van der Waals surface area contributed by atoms with Crippen LogP contribution in [0.3, 0.4) is 0 Å². The van der Waals surface area contributed by atoms with Crippen LogP contribution < -0.4 is 0 Å². The number of methoxy groups -OCH3 is 1. The molecule has 0 aliphatic rings. The minimum atomic E-state index is -2.51. The van der Waals surface area contributed by atoms with E-state index in [0.717, 1.165) is 0 Å². The molecular weight excluding hydrogens is 212 g/mol. The summed E-state index contributed by atoms with van der Waals surface area (Å²) in [7, 11) is 1.21. The van der Waals surface area contributed by atoms with Crippen LogP contribution in [-0.4, -0.2) is 23.8 Å². The fourth-order valence-corrected chi connectivity index (χ4v) is 1.33. The Hall–Kier alpha value is -1.17. The number of alkyl halides is 2. The van der Waals surface area contributed by atoms with E-state index >= 15 is 0 Å². The van der Waals surface area contributed by atoms with Crippen molar-refractivity contribution in [3.05, 3.63) is 24.0 Å². The molecule has 0 atom stereocenters. The topological polar surface area (TPSA) is 39.2 Å². The number of halogens is 2. The number of pyridine rings is 1. The van der Waals surface area contributed by atoms with Crippen LogP contribution in [0, 0.1) is 0 Å². The molecule has 1 aromatic rings. The summed E-state index contributed by atoms with van der Waals surface area (Å²) in [4.78, 5) is 14.9. The van der Waals surface area contributed by atoms with Crippen molar-refractivity contribution in [1.82, 2.24) is 4.98 Å². The number of esters is 1. The molecule has 14 heavy (non-hydrogen) atoms. The second-order valence-corrected chi connectivity index (χ2v) is 3.31. The van der Waals surface area contributed by atoms with Gasteiger partial charge in [0.2, 0.25) is 0 Å². The monoisotopic (exact) mass is 219 g/mol. The van der Waals surface area contributed by atoms with Gasteiger partial charge in [0.25, 0.3) is 5.76 Å². The lowest BCUT2D eigenvalue weighted by atomic mass is 10.3. The first-order chi connectivity index (χ1) is 6.63. The Bertz CT molecular complexity index is 333. The average Bonchev–Trinajstić information content (AvgIpc) is 2.16. The Balaban J connectivity index is 2.84. The number of aromatic nitrogens is 1. The number of ether oxygens (including phenoxy) is 1. The Kier molecular flexibility index (Phi) is 3.82. The van der Waals surface area contributed by atoms with Gasteiger partial charge in [-0.25, -0.2) is 9.78 Å². The van der Waals surface area contributed by atoms with Gasteiger partial charge in [-0.15, -0.1) is 0 Å². The number of carbonyl (C=O) groups excluding carboxylic acids is 1. The van der Waals surface area contributed by atoms with Gasteiger partial charge in [0.15, 0.2) is 0 Å². The maximum Gasteiger partial charge on any atom is 0.356 e. The first-order valence-electron chi connectivity index (χ1n) is 3.62. The minimum Gasteiger partial charge on any atom is -0.464 e. The van der Waals surface area contributed by atoms with Crippen molar-refractivity contribution in [3.8, 4) is 0 Å². The van der Waals surface area contributed by atoms with Crippen LogP contribution in [0.15, 0.2) is 23.2 Å². The van der Waals surface area contributed by atoms with E-state index in [0.29, 0.717) is 11.8 Å². The van der Waals surface area contributed by atoms with Crippen molar-refractivity contribution in [2.75, 3.05) is 7.11 Å². The predicted octanol–water partition coefficient (Wildman–Crippen LogP) is 2.18.